The zero-order valence-electron chi connectivity index (χ0n) is 12.1. The number of aromatic nitrogens is 2. The standard InChI is InChI=1S/C15H23N3O2/c1-2-3-4-11-20-12-14(19)18-10-5-7-13(18)15-16-8-6-9-17-15/h6,8-9,13H,2-5,7,10-12H2,1H3. The van der Waals surface area contributed by atoms with E-state index in [-0.39, 0.29) is 18.6 Å². The number of likely N-dealkylation sites (tertiary alicyclic amines) is 1. The summed E-state index contributed by atoms with van der Waals surface area (Å²) >= 11 is 0. The van der Waals surface area contributed by atoms with Crippen LogP contribution in [0.2, 0.25) is 0 Å². The van der Waals surface area contributed by atoms with Crippen LogP contribution in [0.5, 0.6) is 0 Å². The third-order valence-corrected chi connectivity index (χ3v) is 3.57. The molecule has 1 fully saturated rings. The van der Waals surface area contributed by atoms with Gasteiger partial charge in [0.15, 0.2) is 5.82 Å². The molecule has 1 atom stereocenters. The fourth-order valence-corrected chi connectivity index (χ4v) is 2.51. The van der Waals surface area contributed by atoms with Crippen molar-refractivity contribution in [3.8, 4) is 0 Å². The molecule has 0 aromatic carbocycles. The van der Waals surface area contributed by atoms with Gasteiger partial charge in [-0.3, -0.25) is 4.79 Å². The average Bonchev–Trinajstić information content (AvgIpc) is 2.97. The Kier molecular flexibility index (Phi) is 5.92. The predicted octanol–water partition coefficient (Wildman–Crippen LogP) is 2.35. The van der Waals surface area contributed by atoms with Crippen LogP contribution >= 0.6 is 0 Å². The topological polar surface area (TPSA) is 55.3 Å². The van der Waals surface area contributed by atoms with E-state index in [2.05, 4.69) is 16.9 Å². The fourth-order valence-electron chi connectivity index (χ4n) is 2.51. The van der Waals surface area contributed by atoms with Crippen molar-refractivity contribution in [1.82, 2.24) is 14.9 Å². The van der Waals surface area contributed by atoms with Crippen molar-refractivity contribution < 1.29 is 9.53 Å². The van der Waals surface area contributed by atoms with Crippen LogP contribution in [0.4, 0.5) is 0 Å². The summed E-state index contributed by atoms with van der Waals surface area (Å²) in [5.41, 5.74) is 0. The number of unbranched alkanes of at least 4 members (excludes halogenated alkanes) is 2. The van der Waals surface area contributed by atoms with Gasteiger partial charge >= 0.3 is 0 Å². The molecule has 1 aromatic rings. The zero-order valence-corrected chi connectivity index (χ0v) is 12.1. The highest BCUT2D eigenvalue weighted by Crippen LogP contribution is 2.29. The smallest absolute Gasteiger partial charge is 0.249 e. The number of amides is 1. The first-order valence-corrected chi connectivity index (χ1v) is 7.47. The maximum absolute atomic E-state index is 12.2. The second-order valence-corrected chi connectivity index (χ2v) is 5.11. The van der Waals surface area contributed by atoms with Crippen LogP contribution in [-0.4, -0.2) is 40.5 Å². The van der Waals surface area contributed by atoms with Gasteiger partial charge in [-0.2, -0.15) is 0 Å². The van der Waals surface area contributed by atoms with Gasteiger partial charge < -0.3 is 9.64 Å². The molecule has 1 aliphatic heterocycles. The number of hydrogen-bond donors (Lipinski definition) is 0. The van der Waals surface area contributed by atoms with Crippen molar-refractivity contribution in [2.24, 2.45) is 0 Å². The summed E-state index contributed by atoms with van der Waals surface area (Å²) in [6.07, 6.45) is 8.73. The molecule has 0 spiro atoms. The molecule has 1 aliphatic rings. The number of hydrogen-bond acceptors (Lipinski definition) is 4. The maximum Gasteiger partial charge on any atom is 0.249 e. The molecule has 1 amide bonds. The summed E-state index contributed by atoms with van der Waals surface area (Å²) in [5, 5.41) is 0. The molecule has 0 bridgehead atoms. The van der Waals surface area contributed by atoms with E-state index in [1.54, 1.807) is 18.5 Å². The van der Waals surface area contributed by atoms with Crippen LogP contribution in [0.1, 0.15) is 50.9 Å². The van der Waals surface area contributed by atoms with Crippen LogP contribution in [0.25, 0.3) is 0 Å². The van der Waals surface area contributed by atoms with E-state index < -0.39 is 0 Å². The Hall–Kier alpha value is -1.49. The molecule has 1 aromatic heterocycles. The van der Waals surface area contributed by atoms with E-state index in [4.69, 9.17) is 4.74 Å². The Morgan fingerprint density at radius 2 is 2.20 bits per heavy atom. The maximum atomic E-state index is 12.2. The second kappa shape index (κ2) is 7.94. The third kappa shape index (κ3) is 4.00. The van der Waals surface area contributed by atoms with Gasteiger partial charge in [0, 0.05) is 25.5 Å². The van der Waals surface area contributed by atoms with Gasteiger partial charge in [-0.1, -0.05) is 19.8 Å². The lowest BCUT2D eigenvalue weighted by molar-refractivity contribution is -0.137. The summed E-state index contributed by atoms with van der Waals surface area (Å²) in [6, 6.07) is 1.81. The van der Waals surface area contributed by atoms with E-state index in [0.29, 0.717) is 6.61 Å². The van der Waals surface area contributed by atoms with E-state index in [1.165, 1.54) is 0 Å². The van der Waals surface area contributed by atoms with Crippen molar-refractivity contribution in [2.45, 2.75) is 45.1 Å². The summed E-state index contributed by atoms with van der Waals surface area (Å²) in [5.74, 6) is 0.792. The average molecular weight is 277 g/mol. The first kappa shape index (κ1) is 14.9. The molecular weight excluding hydrogens is 254 g/mol. The monoisotopic (exact) mass is 277 g/mol. The Morgan fingerprint density at radius 3 is 2.95 bits per heavy atom. The molecule has 1 unspecified atom stereocenters. The van der Waals surface area contributed by atoms with E-state index >= 15 is 0 Å². The Bertz CT molecular complexity index is 411. The van der Waals surface area contributed by atoms with Crippen molar-refractivity contribution in [2.75, 3.05) is 19.8 Å². The fraction of sp³-hybridized carbons (Fsp3) is 0.667. The van der Waals surface area contributed by atoms with Gasteiger partial charge in [0.2, 0.25) is 5.91 Å². The lowest BCUT2D eigenvalue weighted by Crippen LogP contribution is -2.34. The van der Waals surface area contributed by atoms with Crippen LogP contribution < -0.4 is 0 Å². The third-order valence-electron chi connectivity index (χ3n) is 3.57. The molecule has 5 heteroatoms. The normalized spacial score (nSPS) is 18.4. The predicted molar refractivity (Wildman–Crippen MR) is 76.1 cm³/mol. The van der Waals surface area contributed by atoms with Gasteiger partial charge in [0.25, 0.3) is 0 Å². The molecular formula is C15H23N3O2. The van der Waals surface area contributed by atoms with E-state index in [1.807, 2.05) is 4.90 Å². The first-order valence-electron chi connectivity index (χ1n) is 7.47. The molecule has 20 heavy (non-hydrogen) atoms. The minimum atomic E-state index is 0.0166. The van der Waals surface area contributed by atoms with Crippen LogP contribution in [0.15, 0.2) is 18.5 Å². The lowest BCUT2D eigenvalue weighted by atomic mass is 10.2. The highest BCUT2D eigenvalue weighted by molar-refractivity contribution is 5.78. The highest BCUT2D eigenvalue weighted by Gasteiger charge is 2.31. The summed E-state index contributed by atoms with van der Waals surface area (Å²) < 4.78 is 5.46. The Balaban J connectivity index is 1.83. The van der Waals surface area contributed by atoms with Crippen molar-refractivity contribution in [3.63, 3.8) is 0 Å². The van der Waals surface area contributed by atoms with Gasteiger partial charge in [-0.05, 0) is 25.3 Å². The molecule has 1 saturated heterocycles. The lowest BCUT2D eigenvalue weighted by Gasteiger charge is -2.23. The number of rotatable bonds is 7. The van der Waals surface area contributed by atoms with Gasteiger partial charge in [0.05, 0.1) is 6.04 Å². The highest BCUT2D eigenvalue weighted by atomic mass is 16.5. The Morgan fingerprint density at radius 1 is 1.40 bits per heavy atom. The van der Waals surface area contributed by atoms with Crippen molar-refractivity contribution in [3.05, 3.63) is 24.3 Å². The summed E-state index contributed by atoms with van der Waals surface area (Å²) in [6.45, 7) is 3.77. The molecule has 0 radical (unpaired) electrons. The summed E-state index contributed by atoms with van der Waals surface area (Å²) in [4.78, 5) is 22.6. The van der Waals surface area contributed by atoms with Crippen LogP contribution in [0, 0.1) is 0 Å². The molecule has 0 aliphatic carbocycles. The van der Waals surface area contributed by atoms with Gasteiger partial charge in [-0.25, -0.2) is 9.97 Å². The largest absolute Gasteiger partial charge is 0.372 e. The summed E-state index contributed by atoms with van der Waals surface area (Å²) in [7, 11) is 0. The van der Waals surface area contributed by atoms with Gasteiger partial charge in [-0.15, -0.1) is 0 Å². The molecule has 0 saturated carbocycles. The second-order valence-electron chi connectivity index (χ2n) is 5.11. The van der Waals surface area contributed by atoms with E-state index in [0.717, 1.165) is 44.5 Å². The SMILES string of the molecule is CCCCCOCC(=O)N1CCCC1c1ncccn1. The number of nitrogens with zero attached hydrogens (tertiary/aromatic N) is 3. The number of carbonyl (C=O) groups is 1. The number of carbonyl (C=O) groups excluding carboxylic acids is 1. The molecule has 2 heterocycles. The molecule has 0 N–H and O–H groups in total. The van der Waals surface area contributed by atoms with Crippen molar-refractivity contribution >= 4 is 5.91 Å². The van der Waals surface area contributed by atoms with Gasteiger partial charge in [0.1, 0.15) is 6.61 Å². The number of ether oxygens (including phenoxy) is 1. The first-order chi connectivity index (χ1) is 9.83. The van der Waals surface area contributed by atoms with Crippen LogP contribution in [0.3, 0.4) is 0 Å². The quantitative estimate of drug-likeness (QED) is 0.718. The molecule has 110 valence electrons. The molecule has 5 nitrogen and oxygen atoms in total. The minimum Gasteiger partial charge on any atom is -0.372 e. The van der Waals surface area contributed by atoms with E-state index in [9.17, 15) is 4.79 Å². The Labute approximate surface area is 120 Å². The zero-order chi connectivity index (χ0) is 14.2. The minimum absolute atomic E-state index is 0.0166. The van der Waals surface area contributed by atoms with Crippen molar-refractivity contribution in [1.29, 1.82) is 0 Å². The molecule has 2 rings (SSSR count). The van der Waals surface area contributed by atoms with Crippen LogP contribution in [-0.2, 0) is 9.53 Å².